The maximum Gasteiger partial charge on any atom is 0.407 e. The van der Waals surface area contributed by atoms with Gasteiger partial charge < -0.3 is 26.0 Å². The highest BCUT2D eigenvalue weighted by Gasteiger charge is 2.23. The molecule has 0 heterocycles. The summed E-state index contributed by atoms with van der Waals surface area (Å²) in [6.45, 7) is 8.77. The second-order valence-corrected chi connectivity index (χ2v) is 6.46. The van der Waals surface area contributed by atoms with Crippen molar-refractivity contribution in [3.8, 4) is 0 Å². The number of nitrogen functional groups attached to an aromatic ring is 1. The van der Waals surface area contributed by atoms with E-state index in [0.29, 0.717) is 11.3 Å². The molecule has 2 unspecified atom stereocenters. The molecule has 5 N–H and O–H groups in total. The molecule has 2 atom stereocenters. The van der Waals surface area contributed by atoms with Crippen LogP contribution in [-0.2, 0) is 4.74 Å². The SMILES string of the molecule is Cc1cc(C(O)C(O)CNC(=O)OC(C)(C)C)c(C)cc1N. The monoisotopic (exact) mass is 310 g/mol. The molecule has 0 fully saturated rings. The first-order valence-corrected chi connectivity index (χ1v) is 7.21. The highest BCUT2D eigenvalue weighted by Crippen LogP contribution is 2.25. The molecule has 0 aliphatic rings. The van der Waals surface area contributed by atoms with Gasteiger partial charge in [-0.1, -0.05) is 6.07 Å². The molecule has 0 aliphatic carbocycles. The minimum absolute atomic E-state index is 0.112. The highest BCUT2D eigenvalue weighted by atomic mass is 16.6. The van der Waals surface area contributed by atoms with Gasteiger partial charge in [0.2, 0.25) is 0 Å². The summed E-state index contributed by atoms with van der Waals surface area (Å²) < 4.78 is 5.07. The fourth-order valence-electron chi connectivity index (χ4n) is 2.00. The Morgan fingerprint density at radius 1 is 1.27 bits per heavy atom. The molecule has 6 nitrogen and oxygen atoms in total. The molecule has 1 aromatic carbocycles. The molecule has 0 saturated carbocycles. The smallest absolute Gasteiger partial charge is 0.407 e. The Morgan fingerprint density at radius 3 is 2.41 bits per heavy atom. The number of anilines is 1. The van der Waals surface area contributed by atoms with Gasteiger partial charge in [0.15, 0.2) is 0 Å². The van der Waals surface area contributed by atoms with Crippen molar-refractivity contribution in [1.82, 2.24) is 5.32 Å². The molecule has 0 spiro atoms. The third kappa shape index (κ3) is 5.20. The number of aliphatic hydroxyl groups excluding tert-OH is 2. The zero-order valence-electron chi connectivity index (χ0n) is 13.8. The van der Waals surface area contributed by atoms with E-state index in [-0.39, 0.29) is 6.54 Å². The van der Waals surface area contributed by atoms with E-state index in [9.17, 15) is 15.0 Å². The highest BCUT2D eigenvalue weighted by molar-refractivity contribution is 5.67. The molecule has 1 rings (SSSR count). The number of nitrogens with one attached hydrogen (secondary N) is 1. The quantitative estimate of drug-likeness (QED) is 0.635. The van der Waals surface area contributed by atoms with Crippen molar-refractivity contribution in [1.29, 1.82) is 0 Å². The molecule has 0 aromatic heterocycles. The fraction of sp³-hybridized carbons (Fsp3) is 0.562. The van der Waals surface area contributed by atoms with Gasteiger partial charge in [0, 0.05) is 12.2 Å². The van der Waals surface area contributed by atoms with Gasteiger partial charge in [-0.25, -0.2) is 4.79 Å². The molecule has 22 heavy (non-hydrogen) atoms. The van der Waals surface area contributed by atoms with Gasteiger partial charge >= 0.3 is 6.09 Å². The third-order valence-electron chi connectivity index (χ3n) is 3.19. The molecule has 1 amide bonds. The molecule has 0 radical (unpaired) electrons. The largest absolute Gasteiger partial charge is 0.444 e. The molecule has 1 aromatic rings. The van der Waals surface area contributed by atoms with Crippen molar-refractivity contribution in [3.05, 3.63) is 28.8 Å². The first-order valence-electron chi connectivity index (χ1n) is 7.21. The number of carbonyl (C=O) groups is 1. The normalized spacial score (nSPS) is 14.3. The van der Waals surface area contributed by atoms with Crippen LogP contribution in [0.5, 0.6) is 0 Å². The van der Waals surface area contributed by atoms with Gasteiger partial charge in [0.1, 0.15) is 17.8 Å². The van der Waals surface area contributed by atoms with Gasteiger partial charge in [-0.3, -0.25) is 0 Å². The Hall–Kier alpha value is -1.79. The van der Waals surface area contributed by atoms with Crippen molar-refractivity contribution in [2.75, 3.05) is 12.3 Å². The van der Waals surface area contributed by atoms with Gasteiger partial charge in [0.25, 0.3) is 0 Å². The summed E-state index contributed by atoms with van der Waals surface area (Å²) in [6.07, 6.45) is -2.90. The van der Waals surface area contributed by atoms with Gasteiger partial charge in [-0.2, -0.15) is 0 Å². The van der Waals surface area contributed by atoms with Crippen LogP contribution in [-0.4, -0.2) is 34.6 Å². The zero-order valence-corrected chi connectivity index (χ0v) is 13.8. The number of carbonyl (C=O) groups excluding carboxylic acids is 1. The van der Waals surface area contributed by atoms with Crippen molar-refractivity contribution in [2.24, 2.45) is 0 Å². The Morgan fingerprint density at radius 2 is 1.86 bits per heavy atom. The Balaban J connectivity index is 2.68. The number of ether oxygens (including phenoxy) is 1. The van der Waals surface area contributed by atoms with Crippen LogP contribution in [0.15, 0.2) is 12.1 Å². The molecule has 0 aliphatic heterocycles. The third-order valence-corrected chi connectivity index (χ3v) is 3.19. The summed E-state index contributed by atoms with van der Waals surface area (Å²) in [6, 6.07) is 3.49. The van der Waals surface area contributed by atoms with E-state index in [0.717, 1.165) is 11.1 Å². The number of aryl methyl sites for hydroxylation is 2. The van der Waals surface area contributed by atoms with Gasteiger partial charge in [0.05, 0.1) is 0 Å². The van der Waals surface area contributed by atoms with E-state index in [1.807, 2.05) is 13.8 Å². The fourth-order valence-corrected chi connectivity index (χ4v) is 2.00. The lowest BCUT2D eigenvalue weighted by Gasteiger charge is -2.23. The van der Waals surface area contributed by atoms with E-state index in [2.05, 4.69) is 5.32 Å². The lowest BCUT2D eigenvalue weighted by atomic mass is 9.96. The first kappa shape index (κ1) is 18.3. The summed E-state index contributed by atoms with van der Waals surface area (Å²) in [5, 5.41) is 22.7. The lowest BCUT2D eigenvalue weighted by Crippen LogP contribution is -2.39. The predicted molar refractivity (Wildman–Crippen MR) is 85.5 cm³/mol. The number of benzene rings is 1. The van der Waals surface area contributed by atoms with Crippen LogP contribution in [0, 0.1) is 13.8 Å². The van der Waals surface area contributed by atoms with E-state index in [1.54, 1.807) is 32.9 Å². The van der Waals surface area contributed by atoms with Crippen LogP contribution < -0.4 is 11.1 Å². The van der Waals surface area contributed by atoms with Crippen LogP contribution in [0.2, 0.25) is 0 Å². The van der Waals surface area contributed by atoms with Crippen LogP contribution >= 0.6 is 0 Å². The minimum atomic E-state index is -1.14. The van der Waals surface area contributed by atoms with Gasteiger partial charge in [-0.15, -0.1) is 0 Å². The zero-order chi connectivity index (χ0) is 17.1. The van der Waals surface area contributed by atoms with E-state index in [4.69, 9.17) is 10.5 Å². The van der Waals surface area contributed by atoms with Gasteiger partial charge in [-0.05, 0) is 57.4 Å². The Bertz CT molecular complexity index is 538. The number of alkyl carbamates (subject to hydrolysis) is 1. The van der Waals surface area contributed by atoms with Crippen molar-refractivity contribution >= 4 is 11.8 Å². The number of amides is 1. The molecular formula is C16H26N2O4. The summed E-state index contributed by atoms with van der Waals surface area (Å²) in [4.78, 5) is 11.5. The molecule has 0 saturated heterocycles. The van der Waals surface area contributed by atoms with Crippen molar-refractivity contribution < 1.29 is 19.7 Å². The second-order valence-electron chi connectivity index (χ2n) is 6.46. The Kier molecular flexibility index (Phi) is 5.79. The van der Waals surface area contributed by atoms with Crippen LogP contribution in [0.3, 0.4) is 0 Å². The number of nitrogens with two attached hydrogens (primary N) is 1. The summed E-state index contributed by atoms with van der Waals surface area (Å²) >= 11 is 0. The Labute approximate surface area is 131 Å². The van der Waals surface area contributed by atoms with E-state index < -0.39 is 23.9 Å². The maximum atomic E-state index is 11.5. The minimum Gasteiger partial charge on any atom is -0.444 e. The summed E-state index contributed by atoms with van der Waals surface area (Å²) in [5.41, 5.74) is 8.02. The second kappa shape index (κ2) is 6.98. The van der Waals surface area contributed by atoms with Crippen LogP contribution in [0.25, 0.3) is 0 Å². The number of aliphatic hydroxyl groups is 2. The standard InChI is InChI=1S/C16H26N2O4/c1-9-7-12(17)10(2)6-11(9)14(20)13(19)8-18-15(21)22-16(3,4)5/h6-7,13-14,19-20H,8,17H2,1-5H3,(H,18,21). The molecule has 0 bridgehead atoms. The van der Waals surface area contributed by atoms with Crippen molar-refractivity contribution in [3.63, 3.8) is 0 Å². The lowest BCUT2D eigenvalue weighted by molar-refractivity contribution is 0.0126. The maximum absolute atomic E-state index is 11.5. The van der Waals surface area contributed by atoms with Crippen LogP contribution in [0.1, 0.15) is 43.6 Å². The average Bonchev–Trinajstić information content (AvgIpc) is 2.37. The predicted octanol–water partition coefficient (Wildman–Crippen LogP) is 1.80. The topological polar surface area (TPSA) is 105 Å². The van der Waals surface area contributed by atoms with Crippen LogP contribution in [0.4, 0.5) is 10.5 Å². The molecular weight excluding hydrogens is 284 g/mol. The van der Waals surface area contributed by atoms with Crippen molar-refractivity contribution in [2.45, 2.75) is 52.4 Å². The average molecular weight is 310 g/mol. The summed E-state index contributed by atoms with van der Waals surface area (Å²) in [7, 11) is 0. The number of rotatable bonds is 4. The number of hydrogen-bond acceptors (Lipinski definition) is 5. The molecule has 124 valence electrons. The molecule has 6 heteroatoms. The van der Waals surface area contributed by atoms with E-state index in [1.165, 1.54) is 0 Å². The summed E-state index contributed by atoms with van der Waals surface area (Å²) in [5.74, 6) is 0. The number of hydrogen-bond donors (Lipinski definition) is 4. The first-order chi connectivity index (χ1) is 10.0. The van der Waals surface area contributed by atoms with E-state index >= 15 is 0 Å².